The second-order valence-corrected chi connectivity index (χ2v) is 4.94. The normalized spacial score (nSPS) is 16.9. The lowest BCUT2D eigenvalue weighted by Crippen LogP contribution is -2.32. The molecule has 1 aromatic heterocycles. The number of anilines is 1. The first-order valence-corrected chi connectivity index (χ1v) is 6.61. The Balaban J connectivity index is 1.68. The van der Waals surface area contributed by atoms with E-state index in [1.54, 1.807) is 12.1 Å². The van der Waals surface area contributed by atoms with Crippen LogP contribution in [-0.4, -0.2) is 22.7 Å². The number of fused-ring (bicyclic) bond motifs is 1. The third kappa shape index (κ3) is 2.72. The molecular weight excluding hydrogens is 278 g/mol. The van der Waals surface area contributed by atoms with Gasteiger partial charge < -0.3 is 10.1 Å². The second kappa shape index (κ2) is 5.46. The first kappa shape index (κ1) is 12.9. The molecule has 0 spiro atoms. The highest BCUT2D eigenvalue weighted by Crippen LogP contribution is 2.27. The summed E-state index contributed by atoms with van der Waals surface area (Å²) in [6, 6.07) is 10.9. The van der Waals surface area contributed by atoms with E-state index in [0.29, 0.717) is 18.8 Å². The minimum Gasteiger partial charge on any atom is -0.492 e. The number of rotatable bonds is 2. The molecule has 1 aliphatic rings. The third-order valence-electron chi connectivity index (χ3n) is 3.13. The standard InChI is InChI=1S/C14H12ClN3O2/c15-12-5-6-13(18-17-12)16-14(19)10-7-9-3-1-2-4-11(9)20-8-10/h1-6,10H,7-8H2,(H,16,18,19). The Morgan fingerprint density at radius 2 is 2.10 bits per heavy atom. The summed E-state index contributed by atoms with van der Waals surface area (Å²) in [7, 11) is 0. The molecule has 1 amide bonds. The number of hydrogen-bond donors (Lipinski definition) is 1. The molecule has 0 bridgehead atoms. The van der Waals surface area contributed by atoms with Crippen molar-refractivity contribution in [2.75, 3.05) is 11.9 Å². The fourth-order valence-electron chi connectivity index (χ4n) is 2.11. The molecule has 5 nitrogen and oxygen atoms in total. The quantitative estimate of drug-likeness (QED) is 0.921. The van der Waals surface area contributed by atoms with Crippen LogP contribution >= 0.6 is 11.6 Å². The fourth-order valence-corrected chi connectivity index (χ4v) is 2.21. The van der Waals surface area contributed by atoms with E-state index in [1.807, 2.05) is 24.3 Å². The summed E-state index contributed by atoms with van der Waals surface area (Å²) in [6.45, 7) is 0.365. The molecule has 1 N–H and O–H groups in total. The monoisotopic (exact) mass is 289 g/mol. The van der Waals surface area contributed by atoms with Gasteiger partial charge in [-0.1, -0.05) is 29.8 Å². The van der Waals surface area contributed by atoms with Crippen molar-refractivity contribution in [3.05, 3.63) is 47.1 Å². The third-order valence-corrected chi connectivity index (χ3v) is 3.33. The highest BCUT2D eigenvalue weighted by atomic mass is 35.5. The molecule has 102 valence electrons. The minimum atomic E-state index is -0.234. The number of benzene rings is 1. The van der Waals surface area contributed by atoms with Crippen LogP contribution in [0.5, 0.6) is 5.75 Å². The van der Waals surface area contributed by atoms with Crippen molar-refractivity contribution >= 4 is 23.3 Å². The molecule has 1 unspecified atom stereocenters. The van der Waals surface area contributed by atoms with Crippen molar-refractivity contribution in [2.45, 2.75) is 6.42 Å². The summed E-state index contributed by atoms with van der Waals surface area (Å²) < 4.78 is 5.60. The molecule has 3 rings (SSSR count). The van der Waals surface area contributed by atoms with Crippen LogP contribution in [0.4, 0.5) is 5.82 Å². The number of carbonyl (C=O) groups is 1. The average molecular weight is 290 g/mol. The molecule has 1 aliphatic heterocycles. The van der Waals surface area contributed by atoms with Crippen molar-refractivity contribution in [1.82, 2.24) is 10.2 Å². The van der Waals surface area contributed by atoms with E-state index in [4.69, 9.17) is 16.3 Å². The van der Waals surface area contributed by atoms with Crippen LogP contribution in [0.25, 0.3) is 0 Å². The van der Waals surface area contributed by atoms with Gasteiger partial charge in [-0.05, 0) is 30.2 Å². The number of para-hydroxylation sites is 1. The Bertz CT molecular complexity index is 631. The molecule has 0 saturated heterocycles. The highest BCUT2D eigenvalue weighted by Gasteiger charge is 2.26. The van der Waals surface area contributed by atoms with Crippen molar-refractivity contribution < 1.29 is 9.53 Å². The molecule has 2 aromatic rings. The number of nitrogens with one attached hydrogen (secondary N) is 1. The topological polar surface area (TPSA) is 64.1 Å². The van der Waals surface area contributed by atoms with Gasteiger partial charge >= 0.3 is 0 Å². The van der Waals surface area contributed by atoms with Gasteiger partial charge in [-0.15, -0.1) is 10.2 Å². The molecule has 0 aliphatic carbocycles. The van der Waals surface area contributed by atoms with Crippen molar-refractivity contribution in [2.24, 2.45) is 5.92 Å². The zero-order valence-electron chi connectivity index (χ0n) is 10.5. The van der Waals surface area contributed by atoms with Crippen molar-refractivity contribution in [3.63, 3.8) is 0 Å². The smallest absolute Gasteiger partial charge is 0.232 e. The summed E-state index contributed by atoms with van der Waals surface area (Å²) in [4.78, 5) is 12.2. The maximum atomic E-state index is 12.2. The number of ether oxygens (including phenoxy) is 1. The summed E-state index contributed by atoms with van der Waals surface area (Å²) in [5.41, 5.74) is 1.04. The number of amides is 1. The lowest BCUT2D eigenvalue weighted by atomic mass is 9.96. The molecule has 0 saturated carbocycles. The Hall–Kier alpha value is -2.14. The van der Waals surface area contributed by atoms with E-state index >= 15 is 0 Å². The van der Waals surface area contributed by atoms with Crippen LogP contribution in [0.1, 0.15) is 5.56 Å². The van der Waals surface area contributed by atoms with Gasteiger partial charge in [-0.2, -0.15) is 0 Å². The Labute approximate surface area is 120 Å². The Morgan fingerprint density at radius 3 is 2.90 bits per heavy atom. The highest BCUT2D eigenvalue weighted by molar-refractivity contribution is 6.29. The van der Waals surface area contributed by atoms with E-state index in [-0.39, 0.29) is 17.0 Å². The van der Waals surface area contributed by atoms with E-state index in [1.165, 1.54) is 0 Å². The zero-order valence-corrected chi connectivity index (χ0v) is 11.3. The van der Waals surface area contributed by atoms with Crippen LogP contribution < -0.4 is 10.1 Å². The molecule has 2 heterocycles. The van der Waals surface area contributed by atoms with E-state index < -0.39 is 0 Å². The van der Waals surface area contributed by atoms with Crippen LogP contribution in [-0.2, 0) is 11.2 Å². The molecule has 0 radical (unpaired) electrons. The second-order valence-electron chi connectivity index (χ2n) is 4.55. The lowest BCUT2D eigenvalue weighted by molar-refractivity contribution is -0.121. The maximum absolute atomic E-state index is 12.2. The maximum Gasteiger partial charge on any atom is 0.232 e. The lowest BCUT2D eigenvalue weighted by Gasteiger charge is -2.24. The van der Waals surface area contributed by atoms with Crippen molar-refractivity contribution in [3.8, 4) is 5.75 Å². The van der Waals surface area contributed by atoms with Crippen molar-refractivity contribution in [1.29, 1.82) is 0 Å². The number of halogens is 1. The first-order valence-electron chi connectivity index (χ1n) is 6.23. The number of aromatic nitrogens is 2. The molecule has 6 heteroatoms. The van der Waals surface area contributed by atoms with Gasteiger partial charge in [0.1, 0.15) is 12.4 Å². The summed E-state index contributed by atoms with van der Waals surface area (Å²) >= 11 is 5.65. The van der Waals surface area contributed by atoms with Gasteiger partial charge in [0, 0.05) is 0 Å². The zero-order chi connectivity index (χ0) is 13.9. The first-order chi connectivity index (χ1) is 9.72. The van der Waals surface area contributed by atoms with Crippen LogP contribution in [0, 0.1) is 5.92 Å². The van der Waals surface area contributed by atoms with E-state index in [9.17, 15) is 4.79 Å². The predicted molar refractivity (Wildman–Crippen MR) is 74.8 cm³/mol. The Kier molecular flexibility index (Phi) is 3.52. The number of hydrogen-bond acceptors (Lipinski definition) is 4. The predicted octanol–water partition coefficient (Wildman–Crippen LogP) is 2.32. The molecule has 20 heavy (non-hydrogen) atoms. The van der Waals surface area contributed by atoms with E-state index in [0.717, 1.165) is 11.3 Å². The largest absolute Gasteiger partial charge is 0.492 e. The summed E-state index contributed by atoms with van der Waals surface area (Å²) in [6.07, 6.45) is 0.656. The van der Waals surface area contributed by atoms with Gasteiger partial charge in [-0.25, -0.2) is 0 Å². The van der Waals surface area contributed by atoms with Gasteiger partial charge in [0.05, 0.1) is 5.92 Å². The molecule has 0 fully saturated rings. The van der Waals surface area contributed by atoms with Crippen LogP contribution in [0.2, 0.25) is 5.15 Å². The van der Waals surface area contributed by atoms with Gasteiger partial charge in [0.25, 0.3) is 0 Å². The fraction of sp³-hybridized carbons (Fsp3) is 0.214. The van der Waals surface area contributed by atoms with Gasteiger partial charge in [0.2, 0.25) is 5.91 Å². The summed E-state index contributed by atoms with van der Waals surface area (Å²) in [5.74, 6) is 0.875. The van der Waals surface area contributed by atoms with E-state index in [2.05, 4.69) is 15.5 Å². The average Bonchev–Trinajstić information content (AvgIpc) is 2.49. The molecule has 1 atom stereocenters. The summed E-state index contributed by atoms with van der Waals surface area (Å²) in [5, 5.41) is 10.5. The SMILES string of the molecule is O=C(Nc1ccc(Cl)nn1)C1COc2ccccc2C1. The molecule has 1 aromatic carbocycles. The number of nitrogens with zero attached hydrogens (tertiary/aromatic N) is 2. The Morgan fingerprint density at radius 1 is 1.25 bits per heavy atom. The molecular formula is C14H12ClN3O2. The number of carbonyl (C=O) groups excluding carboxylic acids is 1. The van der Waals surface area contributed by atoms with Gasteiger partial charge in [-0.3, -0.25) is 4.79 Å². The van der Waals surface area contributed by atoms with Crippen LogP contribution in [0.15, 0.2) is 36.4 Å². The van der Waals surface area contributed by atoms with Crippen LogP contribution in [0.3, 0.4) is 0 Å². The van der Waals surface area contributed by atoms with Gasteiger partial charge in [0.15, 0.2) is 11.0 Å². The minimum absolute atomic E-state index is 0.129.